The number of nitro groups is 1. The Morgan fingerprint density at radius 3 is 2.89 bits per heavy atom. The van der Waals surface area contributed by atoms with E-state index in [4.69, 9.17) is 0 Å². The van der Waals surface area contributed by atoms with Gasteiger partial charge >= 0.3 is 0 Å². The molecule has 6 nitrogen and oxygen atoms in total. The lowest BCUT2D eigenvalue weighted by Crippen LogP contribution is -2.22. The summed E-state index contributed by atoms with van der Waals surface area (Å²) in [5, 5.41) is 11.0. The summed E-state index contributed by atoms with van der Waals surface area (Å²) in [6, 6.07) is 4.50. The third kappa shape index (κ3) is 1.75. The summed E-state index contributed by atoms with van der Waals surface area (Å²) >= 11 is 0. The van der Waals surface area contributed by atoms with Crippen LogP contribution in [0.3, 0.4) is 0 Å². The van der Waals surface area contributed by atoms with E-state index in [0.29, 0.717) is 18.0 Å². The van der Waals surface area contributed by atoms with Gasteiger partial charge in [0.1, 0.15) is 5.39 Å². The lowest BCUT2D eigenvalue weighted by atomic mass is 10.2. The Hall–Kier alpha value is -2.24. The second-order valence-corrected chi connectivity index (χ2v) is 4.57. The minimum Gasteiger partial charge on any atom is -0.298 e. The standard InChI is InChI=1S/C12H11N3O3/c16-12-11-9(2-1-3-10(11)15(17)18)13-7-14(12)6-8-4-5-8/h1-3,7-8H,4-6H2. The normalized spacial score (nSPS) is 14.9. The fourth-order valence-electron chi connectivity index (χ4n) is 2.04. The zero-order valence-corrected chi connectivity index (χ0v) is 9.57. The Labute approximate surface area is 102 Å². The molecule has 1 aromatic heterocycles. The SMILES string of the molecule is O=c1c2c([N+](=O)[O-])cccc2ncn1CC1CC1. The molecule has 92 valence electrons. The van der Waals surface area contributed by atoms with Crippen LogP contribution < -0.4 is 5.56 Å². The number of nitrogens with zero attached hydrogens (tertiary/aromatic N) is 3. The van der Waals surface area contributed by atoms with Gasteiger partial charge in [-0.2, -0.15) is 0 Å². The number of hydrogen-bond donors (Lipinski definition) is 0. The number of rotatable bonds is 3. The predicted molar refractivity (Wildman–Crippen MR) is 65.4 cm³/mol. The molecule has 0 saturated heterocycles. The first kappa shape index (κ1) is 10.9. The van der Waals surface area contributed by atoms with Gasteiger partial charge in [-0.15, -0.1) is 0 Å². The van der Waals surface area contributed by atoms with Gasteiger partial charge < -0.3 is 0 Å². The first-order chi connectivity index (χ1) is 8.66. The van der Waals surface area contributed by atoms with Gasteiger partial charge in [-0.1, -0.05) is 6.07 Å². The molecule has 0 spiro atoms. The molecule has 0 bridgehead atoms. The molecule has 18 heavy (non-hydrogen) atoms. The molecule has 3 rings (SSSR count). The summed E-state index contributed by atoms with van der Waals surface area (Å²) in [6.07, 6.45) is 3.70. The Bertz CT molecular complexity index is 689. The molecular weight excluding hydrogens is 234 g/mol. The number of non-ortho nitro benzene ring substituents is 1. The summed E-state index contributed by atoms with van der Waals surface area (Å²) < 4.78 is 1.48. The molecule has 0 amide bonds. The van der Waals surface area contributed by atoms with E-state index in [1.165, 1.54) is 23.0 Å². The van der Waals surface area contributed by atoms with Crippen LogP contribution in [0.15, 0.2) is 29.3 Å². The van der Waals surface area contributed by atoms with Crippen molar-refractivity contribution in [3.8, 4) is 0 Å². The van der Waals surface area contributed by atoms with E-state index in [1.807, 2.05) is 0 Å². The van der Waals surface area contributed by atoms with Gasteiger partial charge in [0.15, 0.2) is 0 Å². The van der Waals surface area contributed by atoms with Crippen LogP contribution in [0.5, 0.6) is 0 Å². The highest BCUT2D eigenvalue weighted by Gasteiger charge is 2.24. The second-order valence-electron chi connectivity index (χ2n) is 4.57. The van der Waals surface area contributed by atoms with Crippen molar-refractivity contribution in [3.05, 3.63) is 45.0 Å². The van der Waals surface area contributed by atoms with Crippen LogP contribution in [-0.2, 0) is 6.54 Å². The molecule has 0 aliphatic heterocycles. The van der Waals surface area contributed by atoms with Crippen molar-refractivity contribution in [3.63, 3.8) is 0 Å². The summed E-state index contributed by atoms with van der Waals surface area (Å²) in [7, 11) is 0. The van der Waals surface area contributed by atoms with Crippen molar-refractivity contribution in [1.29, 1.82) is 0 Å². The van der Waals surface area contributed by atoms with Gasteiger partial charge in [-0.3, -0.25) is 19.5 Å². The highest BCUT2D eigenvalue weighted by atomic mass is 16.6. The van der Waals surface area contributed by atoms with Gasteiger partial charge in [0.25, 0.3) is 11.2 Å². The lowest BCUT2D eigenvalue weighted by molar-refractivity contribution is -0.383. The molecule has 0 atom stereocenters. The van der Waals surface area contributed by atoms with Crippen LogP contribution in [-0.4, -0.2) is 14.5 Å². The summed E-state index contributed by atoms with van der Waals surface area (Å²) in [4.78, 5) is 26.8. The molecule has 0 N–H and O–H groups in total. The summed E-state index contributed by atoms with van der Waals surface area (Å²) in [5.41, 5.74) is -0.115. The fraction of sp³-hybridized carbons (Fsp3) is 0.333. The average molecular weight is 245 g/mol. The van der Waals surface area contributed by atoms with Crippen molar-refractivity contribution in [1.82, 2.24) is 9.55 Å². The second kappa shape index (κ2) is 3.90. The topological polar surface area (TPSA) is 78.0 Å². The Kier molecular flexibility index (Phi) is 2.36. The zero-order valence-electron chi connectivity index (χ0n) is 9.57. The molecule has 2 aromatic rings. The maximum Gasteiger partial charge on any atom is 0.284 e. The summed E-state index contributed by atoms with van der Waals surface area (Å²) in [6.45, 7) is 0.605. The molecule has 1 heterocycles. The van der Waals surface area contributed by atoms with Gasteiger partial charge in [0, 0.05) is 12.6 Å². The maximum absolute atomic E-state index is 12.2. The van der Waals surface area contributed by atoms with Gasteiger partial charge in [0.05, 0.1) is 16.8 Å². The Morgan fingerprint density at radius 2 is 2.22 bits per heavy atom. The lowest BCUT2D eigenvalue weighted by Gasteiger charge is -2.05. The zero-order chi connectivity index (χ0) is 12.7. The van der Waals surface area contributed by atoms with Crippen molar-refractivity contribution < 1.29 is 4.92 Å². The average Bonchev–Trinajstić information content (AvgIpc) is 3.16. The fourth-order valence-corrected chi connectivity index (χ4v) is 2.04. The Morgan fingerprint density at radius 1 is 1.44 bits per heavy atom. The third-order valence-corrected chi connectivity index (χ3v) is 3.18. The van der Waals surface area contributed by atoms with E-state index in [2.05, 4.69) is 4.98 Å². The molecule has 1 aliphatic rings. The number of fused-ring (bicyclic) bond motifs is 1. The van der Waals surface area contributed by atoms with E-state index >= 15 is 0 Å². The molecule has 1 saturated carbocycles. The van der Waals surface area contributed by atoms with Crippen molar-refractivity contribution >= 4 is 16.6 Å². The van der Waals surface area contributed by atoms with Crippen LogP contribution in [0.4, 0.5) is 5.69 Å². The largest absolute Gasteiger partial charge is 0.298 e. The number of aromatic nitrogens is 2. The van der Waals surface area contributed by atoms with Crippen LogP contribution in [0, 0.1) is 16.0 Å². The molecular formula is C12H11N3O3. The monoisotopic (exact) mass is 245 g/mol. The van der Waals surface area contributed by atoms with E-state index in [9.17, 15) is 14.9 Å². The van der Waals surface area contributed by atoms with Crippen molar-refractivity contribution in [2.45, 2.75) is 19.4 Å². The van der Waals surface area contributed by atoms with Crippen LogP contribution >= 0.6 is 0 Å². The minimum absolute atomic E-state index is 0.102. The smallest absolute Gasteiger partial charge is 0.284 e. The number of nitro benzene ring substituents is 1. The van der Waals surface area contributed by atoms with Crippen LogP contribution in [0.2, 0.25) is 0 Å². The number of benzene rings is 1. The van der Waals surface area contributed by atoms with E-state index in [0.717, 1.165) is 12.8 Å². The molecule has 1 fully saturated rings. The summed E-state index contributed by atoms with van der Waals surface area (Å²) in [5.74, 6) is 0.518. The Balaban J connectivity index is 2.24. The predicted octanol–water partition coefficient (Wildman–Crippen LogP) is 1.71. The first-order valence-corrected chi connectivity index (χ1v) is 5.79. The van der Waals surface area contributed by atoms with Gasteiger partial charge in [-0.25, -0.2) is 4.98 Å². The quantitative estimate of drug-likeness (QED) is 0.609. The molecule has 0 radical (unpaired) electrons. The van der Waals surface area contributed by atoms with E-state index in [-0.39, 0.29) is 16.6 Å². The van der Waals surface area contributed by atoms with Gasteiger partial charge in [-0.05, 0) is 24.8 Å². The maximum atomic E-state index is 12.2. The molecule has 1 aromatic carbocycles. The minimum atomic E-state index is -0.535. The van der Waals surface area contributed by atoms with Gasteiger partial charge in [0.2, 0.25) is 0 Å². The van der Waals surface area contributed by atoms with Crippen molar-refractivity contribution in [2.75, 3.05) is 0 Å². The number of hydrogen-bond acceptors (Lipinski definition) is 4. The van der Waals surface area contributed by atoms with Crippen LogP contribution in [0.1, 0.15) is 12.8 Å². The highest BCUT2D eigenvalue weighted by molar-refractivity contribution is 5.86. The third-order valence-electron chi connectivity index (χ3n) is 3.18. The molecule has 0 unspecified atom stereocenters. The molecule has 6 heteroatoms. The first-order valence-electron chi connectivity index (χ1n) is 5.79. The van der Waals surface area contributed by atoms with Crippen molar-refractivity contribution in [2.24, 2.45) is 5.92 Å². The molecule has 1 aliphatic carbocycles. The van der Waals surface area contributed by atoms with Crippen LogP contribution in [0.25, 0.3) is 10.9 Å². The highest BCUT2D eigenvalue weighted by Crippen LogP contribution is 2.30. The van der Waals surface area contributed by atoms with E-state index < -0.39 is 4.92 Å². The van der Waals surface area contributed by atoms with E-state index in [1.54, 1.807) is 6.07 Å².